The number of imidazole rings is 1. The second kappa shape index (κ2) is 4.34. The molecule has 0 spiro atoms. The first kappa shape index (κ1) is 11.1. The van der Waals surface area contributed by atoms with Crippen LogP contribution in [0.15, 0.2) is 30.6 Å². The second-order valence-corrected chi connectivity index (χ2v) is 4.27. The number of H-pyrrole nitrogens is 1. The molecule has 0 fully saturated rings. The van der Waals surface area contributed by atoms with Gasteiger partial charge in [-0.3, -0.25) is 4.68 Å². The van der Waals surface area contributed by atoms with Gasteiger partial charge in [-0.2, -0.15) is 0 Å². The predicted molar refractivity (Wildman–Crippen MR) is 67.1 cm³/mol. The Morgan fingerprint density at radius 3 is 3.00 bits per heavy atom. The molecule has 3 rings (SSSR count). The summed E-state index contributed by atoms with van der Waals surface area (Å²) >= 11 is 5.20. The van der Waals surface area contributed by atoms with Crippen LogP contribution >= 0.6 is 12.2 Å². The molecule has 2 aromatic heterocycles. The summed E-state index contributed by atoms with van der Waals surface area (Å²) in [6.07, 6.45) is 3.40. The molecule has 1 N–H and O–H groups in total. The predicted octanol–water partition coefficient (Wildman–Crippen LogP) is 2.13. The van der Waals surface area contributed by atoms with E-state index >= 15 is 0 Å². The molecule has 0 unspecified atom stereocenters. The number of benzene rings is 1. The number of aromatic nitrogens is 5. The summed E-state index contributed by atoms with van der Waals surface area (Å²) in [7, 11) is 0. The largest absolute Gasteiger partial charge is 0.328 e. The van der Waals surface area contributed by atoms with E-state index in [0.717, 1.165) is 5.52 Å². The molecular formula is C11H10FN5S. The highest BCUT2D eigenvalue weighted by Crippen LogP contribution is 2.17. The molecule has 0 radical (unpaired) electrons. The maximum Gasteiger partial charge on any atom is 0.178 e. The summed E-state index contributed by atoms with van der Waals surface area (Å²) in [5.41, 5.74) is 1.21. The molecule has 0 amide bonds. The zero-order valence-corrected chi connectivity index (χ0v) is 10.2. The summed E-state index contributed by atoms with van der Waals surface area (Å²) in [4.78, 5) is 2.88. The average Bonchev–Trinajstić information content (AvgIpc) is 2.95. The lowest BCUT2D eigenvalue weighted by atomic mass is 10.3. The van der Waals surface area contributed by atoms with Crippen LogP contribution in [-0.2, 0) is 13.1 Å². The lowest BCUT2D eigenvalue weighted by molar-refractivity contribution is 0.523. The van der Waals surface area contributed by atoms with Gasteiger partial charge in [-0.15, -0.1) is 5.10 Å². The standard InChI is InChI=1S/C11H10FN5S/c12-8-2-1-3-9-10(8)14-11(18)17(9)7-6-16-5-4-13-15-16/h1-5H,6-7H2,(H,14,18). The zero-order valence-electron chi connectivity index (χ0n) is 9.38. The third kappa shape index (κ3) is 1.82. The lowest BCUT2D eigenvalue weighted by Crippen LogP contribution is -2.08. The molecule has 0 aliphatic carbocycles. The van der Waals surface area contributed by atoms with Crippen molar-refractivity contribution in [3.63, 3.8) is 0 Å². The minimum Gasteiger partial charge on any atom is -0.328 e. The van der Waals surface area contributed by atoms with Crippen LogP contribution in [-0.4, -0.2) is 24.5 Å². The van der Waals surface area contributed by atoms with E-state index in [1.807, 2.05) is 10.6 Å². The first-order chi connectivity index (χ1) is 8.75. The Morgan fingerprint density at radius 2 is 2.22 bits per heavy atom. The molecule has 0 atom stereocenters. The van der Waals surface area contributed by atoms with Gasteiger partial charge < -0.3 is 9.55 Å². The van der Waals surface area contributed by atoms with Crippen LogP contribution < -0.4 is 0 Å². The molecule has 3 aromatic rings. The number of hydrogen-bond donors (Lipinski definition) is 1. The third-order valence-corrected chi connectivity index (χ3v) is 3.11. The van der Waals surface area contributed by atoms with E-state index in [-0.39, 0.29) is 5.82 Å². The first-order valence-corrected chi connectivity index (χ1v) is 5.87. The van der Waals surface area contributed by atoms with Crippen molar-refractivity contribution < 1.29 is 4.39 Å². The number of aromatic amines is 1. The topological polar surface area (TPSA) is 51.4 Å². The van der Waals surface area contributed by atoms with Gasteiger partial charge in [-0.1, -0.05) is 11.3 Å². The fourth-order valence-corrected chi connectivity index (χ4v) is 2.21. The van der Waals surface area contributed by atoms with Crippen LogP contribution in [0.5, 0.6) is 0 Å². The SMILES string of the molecule is Fc1cccc2c1[nH]c(=S)n2CCn1ccnn1. The molecule has 7 heteroatoms. The van der Waals surface area contributed by atoms with Gasteiger partial charge in [0, 0.05) is 12.7 Å². The number of halogens is 1. The van der Waals surface area contributed by atoms with Gasteiger partial charge in [0.15, 0.2) is 4.77 Å². The minimum absolute atomic E-state index is 0.293. The monoisotopic (exact) mass is 263 g/mol. The average molecular weight is 263 g/mol. The van der Waals surface area contributed by atoms with Crippen LogP contribution in [0.25, 0.3) is 11.0 Å². The van der Waals surface area contributed by atoms with Crippen molar-refractivity contribution >= 4 is 23.3 Å². The van der Waals surface area contributed by atoms with Crippen molar-refractivity contribution in [2.24, 2.45) is 0 Å². The summed E-state index contributed by atoms with van der Waals surface area (Å²) < 4.78 is 17.6. The van der Waals surface area contributed by atoms with Gasteiger partial charge in [0.2, 0.25) is 0 Å². The Bertz CT molecular complexity index is 728. The number of nitrogens with one attached hydrogen (secondary N) is 1. The van der Waals surface area contributed by atoms with Crippen LogP contribution in [0.4, 0.5) is 4.39 Å². The van der Waals surface area contributed by atoms with E-state index in [9.17, 15) is 4.39 Å². The Hall–Kier alpha value is -2.02. The van der Waals surface area contributed by atoms with Crippen molar-refractivity contribution in [3.8, 4) is 0 Å². The Labute approximate surface area is 107 Å². The summed E-state index contributed by atoms with van der Waals surface area (Å²) in [6.45, 7) is 1.25. The van der Waals surface area contributed by atoms with Crippen molar-refractivity contribution in [1.29, 1.82) is 0 Å². The normalized spacial score (nSPS) is 11.2. The maximum absolute atomic E-state index is 13.6. The second-order valence-electron chi connectivity index (χ2n) is 3.88. The Kier molecular flexibility index (Phi) is 2.67. The third-order valence-electron chi connectivity index (χ3n) is 2.78. The molecule has 1 aromatic carbocycles. The molecule has 5 nitrogen and oxygen atoms in total. The minimum atomic E-state index is -0.293. The molecule has 0 saturated heterocycles. The molecule has 0 aliphatic heterocycles. The van der Waals surface area contributed by atoms with E-state index in [1.165, 1.54) is 6.07 Å². The Morgan fingerprint density at radius 1 is 1.33 bits per heavy atom. The number of hydrogen-bond acceptors (Lipinski definition) is 3. The van der Waals surface area contributed by atoms with Gasteiger partial charge in [0.1, 0.15) is 11.3 Å². The summed E-state index contributed by atoms with van der Waals surface area (Å²) in [6, 6.07) is 4.92. The number of fused-ring (bicyclic) bond motifs is 1. The van der Waals surface area contributed by atoms with E-state index in [2.05, 4.69) is 15.3 Å². The van der Waals surface area contributed by atoms with E-state index in [0.29, 0.717) is 23.4 Å². The molecule has 92 valence electrons. The van der Waals surface area contributed by atoms with Gasteiger partial charge in [-0.25, -0.2) is 4.39 Å². The van der Waals surface area contributed by atoms with Crippen molar-refractivity contribution in [1.82, 2.24) is 24.5 Å². The molecular weight excluding hydrogens is 253 g/mol. The maximum atomic E-state index is 13.6. The van der Waals surface area contributed by atoms with Gasteiger partial charge in [0.25, 0.3) is 0 Å². The highest BCUT2D eigenvalue weighted by molar-refractivity contribution is 7.71. The van der Waals surface area contributed by atoms with Crippen molar-refractivity contribution in [3.05, 3.63) is 41.2 Å². The number of aryl methyl sites for hydroxylation is 2. The smallest absolute Gasteiger partial charge is 0.178 e. The van der Waals surface area contributed by atoms with Gasteiger partial charge in [0.05, 0.1) is 18.3 Å². The molecule has 2 heterocycles. The van der Waals surface area contributed by atoms with Crippen LogP contribution in [0.2, 0.25) is 0 Å². The highest BCUT2D eigenvalue weighted by Gasteiger charge is 2.07. The summed E-state index contributed by atoms with van der Waals surface area (Å²) in [5.74, 6) is -0.293. The fraction of sp³-hybridized carbons (Fsp3) is 0.182. The number of rotatable bonds is 3. The molecule has 0 bridgehead atoms. The van der Waals surface area contributed by atoms with Crippen molar-refractivity contribution in [2.45, 2.75) is 13.1 Å². The van der Waals surface area contributed by atoms with Crippen LogP contribution in [0.3, 0.4) is 0 Å². The van der Waals surface area contributed by atoms with Crippen LogP contribution in [0, 0.1) is 10.6 Å². The van der Waals surface area contributed by atoms with E-state index in [4.69, 9.17) is 12.2 Å². The van der Waals surface area contributed by atoms with Gasteiger partial charge in [-0.05, 0) is 24.4 Å². The van der Waals surface area contributed by atoms with E-state index < -0.39 is 0 Å². The first-order valence-electron chi connectivity index (χ1n) is 5.47. The quantitative estimate of drug-likeness (QED) is 0.736. The van der Waals surface area contributed by atoms with E-state index in [1.54, 1.807) is 23.1 Å². The van der Waals surface area contributed by atoms with Gasteiger partial charge >= 0.3 is 0 Å². The zero-order chi connectivity index (χ0) is 12.5. The molecule has 18 heavy (non-hydrogen) atoms. The fourth-order valence-electron chi connectivity index (χ4n) is 1.92. The lowest BCUT2D eigenvalue weighted by Gasteiger charge is -2.04. The van der Waals surface area contributed by atoms with Crippen LogP contribution in [0.1, 0.15) is 0 Å². The number of nitrogens with zero attached hydrogens (tertiary/aromatic N) is 4. The highest BCUT2D eigenvalue weighted by atomic mass is 32.1. The molecule has 0 saturated carbocycles. The van der Waals surface area contributed by atoms with Crippen molar-refractivity contribution in [2.75, 3.05) is 0 Å². The molecule has 0 aliphatic rings. The number of para-hydroxylation sites is 1. The summed E-state index contributed by atoms with van der Waals surface area (Å²) in [5, 5.41) is 7.61. The Balaban J connectivity index is 1.99.